The van der Waals surface area contributed by atoms with Crippen LogP contribution in [0.4, 0.5) is 10.9 Å². The van der Waals surface area contributed by atoms with Crippen molar-refractivity contribution >= 4 is 22.3 Å². The monoisotopic (exact) mass is 266 g/mol. The molecule has 2 aromatic heterocycles. The number of anilines is 2. The molecule has 0 radical (unpaired) electrons. The summed E-state index contributed by atoms with van der Waals surface area (Å²) in [5.74, 6) is 1.13. The van der Waals surface area contributed by atoms with E-state index in [1.54, 1.807) is 11.3 Å². The molecule has 0 aliphatic rings. The third-order valence-corrected chi connectivity index (χ3v) is 4.12. The molecule has 0 saturated carbocycles. The van der Waals surface area contributed by atoms with Crippen LogP contribution in [0.15, 0.2) is 4.52 Å². The van der Waals surface area contributed by atoms with Crippen molar-refractivity contribution in [1.29, 1.82) is 0 Å². The second-order valence-corrected chi connectivity index (χ2v) is 5.35. The minimum Gasteiger partial charge on any atom is -0.390 e. The molecular formula is C12H18N4OS. The summed E-state index contributed by atoms with van der Waals surface area (Å²) in [6, 6.07) is 0. The molecule has 2 heterocycles. The maximum Gasteiger partial charge on any atom is 0.266 e. The van der Waals surface area contributed by atoms with Gasteiger partial charge < -0.3 is 15.2 Å². The highest BCUT2D eigenvalue weighted by atomic mass is 32.1. The molecule has 98 valence electrons. The first kappa shape index (κ1) is 12.9. The van der Waals surface area contributed by atoms with Crippen LogP contribution in [-0.2, 0) is 0 Å². The number of hydrogen-bond donors (Lipinski definition) is 1. The van der Waals surface area contributed by atoms with Gasteiger partial charge in [-0.1, -0.05) is 0 Å². The first-order chi connectivity index (χ1) is 8.58. The van der Waals surface area contributed by atoms with Gasteiger partial charge in [-0.15, -0.1) is 11.3 Å². The van der Waals surface area contributed by atoms with Gasteiger partial charge in [0.15, 0.2) is 0 Å². The van der Waals surface area contributed by atoms with Crippen LogP contribution in [-0.4, -0.2) is 23.2 Å². The Bertz CT molecular complexity index is 542. The molecule has 0 spiro atoms. The van der Waals surface area contributed by atoms with Crippen LogP contribution in [0.25, 0.3) is 11.5 Å². The van der Waals surface area contributed by atoms with Crippen LogP contribution in [0.1, 0.15) is 24.3 Å². The maximum atomic E-state index is 6.00. The molecule has 0 bridgehead atoms. The van der Waals surface area contributed by atoms with Crippen LogP contribution in [0.5, 0.6) is 0 Å². The summed E-state index contributed by atoms with van der Waals surface area (Å²) in [7, 11) is 0. The summed E-state index contributed by atoms with van der Waals surface area (Å²) in [4.78, 5) is 7.66. The van der Waals surface area contributed by atoms with Crippen LogP contribution >= 0.6 is 11.3 Å². The standard InChI is InChI=1S/C12H18N4OS/c1-5-16(6-2)12-14-11(17-15-12)9-7(3)8(4)18-10(9)13/h5-6,13H2,1-4H3. The van der Waals surface area contributed by atoms with E-state index in [4.69, 9.17) is 10.3 Å². The number of nitrogen functional groups attached to an aromatic ring is 1. The third-order valence-electron chi connectivity index (χ3n) is 3.09. The van der Waals surface area contributed by atoms with Crippen molar-refractivity contribution in [3.05, 3.63) is 10.4 Å². The average molecular weight is 266 g/mol. The lowest BCUT2D eigenvalue weighted by Crippen LogP contribution is -2.22. The average Bonchev–Trinajstić information content (AvgIpc) is 2.88. The van der Waals surface area contributed by atoms with Crippen molar-refractivity contribution < 1.29 is 4.52 Å². The van der Waals surface area contributed by atoms with Crippen molar-refractivity contribution in [2.24, 2.45) is 0 Å². The van der Waals surface area contributed by atoms with Gasteiger partial charge in [-0.3, -0.25) is 0 Å². The number of aryl methyl sites for hydroxylation is 1. The summed E-state index contributed by atoms with van der Waals surface area (Å²) < 4.78 is 5.33. The molecule has 6 heteroatoms. The zero-order valence-electron chi connectivity index (χ0n) is 11.1. The normalized spacial score (nSPS) is 10.9. The Morgan fingerprint density at radius 2 is 1.94 bits per heavy atom. The largest absolute Gasteiger partial charge is 0.390 e. The topological polar surface area (TPSA) is 68.2 Å². The highest BCUT2D eigenvalue weighted by Gasteiger charge is 2.19. The van der Waals surface area contributed by atoms with Gasteiger partial charge in [0.1, 0.15) is 0 Å². The van der Waals surface area contributed by atoms with Gasteiger partial charge in [-0.05, 0) is 38.4 Å². The minimum absolute atomic E-state index is 0.510. The van der Waals surface area contributed by atoms with Crippen molar-refractivity contribution in [3.8, 4) is 11.5 Å². The number of hydrogen-bond acceptors (Lipinski definition) is 6. The Morgan fingerprint density at radius 3 is 2.44 bits per heavy atom. The minimum atomic E-state index is 0.510. The van der Waals surface area contributed by atoms with Gasteiger partial charge in [0, 0.05) is 18.0 Å². The summed E-state index contributed by atoms with van der Waals surface area (Å²) in [6.45, 7) is 9.90. The van der Waals surface area contributed by atoms with Crippen molar-refractivity contribution in [2.45, 2.75) is 27.7 Å². The summed E-state index contributed by atoms with van der Waals surface area (Å²) in [5.41, 5.74) is 8.00. The van der Waals surface area contributed by atoms with E-state index in [-0.39, 0.29) is 0 Å². The van der Waals surface area contributed by atoms with Gasteiger partial charge in [-0.25, -0.2) is 0 Å². The van der Waals surface area contributed by atoms with E-state index in [2.05, 4.69) is 24.0 Å². The number of nitrogens with zero attached hydrogens (tertiary/aromatic N) is 3. The smallest absolute Gasteiger partial charge is 0.266 e. The lowest BCUT2D eigenvalue weighted by molar-refractivity contribution is 0.429. The predicted octanol–water partition coefficient (Wildman–Crippen LogP) is 2.84. The van der Waals surface area contributed by atoms with Crippen molar-refractivity contribution in [2.75, 3.05) is 23.7 Å². The lowest BCUT2D eigenvalue weighted by Gasteiger charge is -2.14. The fourth-order valence-electron chi connectivity index (χ4n) is 1.87. The predicted molar refractivity (Wildman–Crippen MR) is 75.1 cm³/mol. The summed E-state index contributed by atoms with van der Waals surface area (Å²) >= 11 is 1.56. The highest BCUT2D eigenvalue weighted by Crippen LogP contribution is 2.37. The number of nitrogens with two attached hydrogens (primary N) is 1. The van der Waals surface area contributed by atoms with Gasteiger partial charge in [-0.2, -0.15) is 4.98 Å². The molecule has 0 fully saturated rings. The number of thiophene rings is 1. The molecule has 0 aliphatic heterocycles. The van der Waals surface area contributed by atoms with Crippen molar-refractivity contribution in [3.63, 3.8) is 0 Å². The maximum absolute atomic E-state index is 6.00. The van der Waals surface area contributed by atoms with E-state index >= 15 is 0 Å². The molecule has 0 atom stereocenters. The van der Waals surface area contributed by atoms with Crippen LogP contribution in [0, 0.1) is 13.8 Å². The molecule has 2 rings (SSSR count). The third kappa shape index (κ3) is 2.08. The SMILES string of the molecule is CCN(CC)c1noc(-c2c(N)sc(C)c2C)n1. The Labute approximate surface area is 111 Å². The quantitative estimate of drug-likeness (QED) is 0.921. The van der Waals surface area contributed by atoms with E-state index in [0.29, 0.717) is 11.8 Å². The molecule has 2 aromatic rings. The molecule has 0 saturated heterocycles. The summed E-state index contributed by atoms with van der Waals surface area (Å²) in [5, 5.41) is 4.75. The van der Waals surface area contributed by atoms with Gasteiger partial charge >= 0.3 is 0 Å². The molecule has 0 aromatic carbocycles. The van der Waals surface area contributed by atoms with Crippen LogP contribution in [0.2, 0.25) is 0 Å². The fourth-order valence-corrected chi connectivity index (χ4v) is 2.80. The molecule has 5 nitrogen and oxygen atoms in total. The van der Waals surface area contributed by atoms with Gasteiger partial charge in [0.05, 0.1) is 10.6 Å². The number of aromatic nitrogens is 2. The second kappa shape index (κ2) is 4.97. The first-order valence-corrected chi connectivity index (χ1v) is 6.84. The zero-order chi connectivity index (χ0) is 13.3. The van der Waals surface area contributed by atoms with E-state index in [9.17, 15) is 0 Å². The molecule has 18 heavy (non-hydrogen) atoms. The second-order valence-electron chi connectivity index (χ2n) is 4.09. The molecule has 0 unspecified atom stereocenters. The fraction of sp³-hybridized carbons (Fsp3) is 0.500. The van der Waals surface area contributed by atoms with Gasteiger partial charge in [0.25, 0.3) is 11.8 Å². The number of rotatable bonds is 4. The molecular weight excluding hydrogens is 248 g/mol. The lowest BCUT2D eigenvalue weighted by atomic mass is 10.1. The molecule has 0 amide bonds. The van der Waals surface area contributed by atoms with Gasteiger partial charge in [0.2, 0.25) is 0 Å². The highest BCUT2D eigenvalue weighted by molar-refractivity contribution is 7.16. The Morgan fingerprint density at radius 1 is 1.28 bits per heavy atom. The van der Waals surface area contributed by atoms with E-state index in [1.807, 2.05) is 18.7 Å². The van der Waals surface area contributed by atoms with E-state index < -0.39 is 0 Å². The Hall–Kier alpha value is -1.56. The van der Waals surface area contributed by atoms with Crippen molar-refractivity contribution in [1.82, 2.24) is 10.1 Å². The van der Waals surface area contributed by atoms with Crippen LogP contribution in [0.3, 0.4) is 0 Å². The molecule has 0 aliphatic carbocycles. The van der Waals surface area contributed by atoms with Crippen LogP contribution < -0.4 is 10.6 Å². The zero-order valence-corrected chi connectivity index (χ0v) is 12.0. The van der Waals surface area contributed by atoms with E-state index in [0.717, 1.165) is 29.2 Å². The molecule has 2 N–H and O–H groups in total. The Kier molecular flexibility index (Phi) is 3.56. The summed E-state index contributed by atoms with van der Waals surface area (Å²) in [6.07, 6.45) is 0. The first-order valence-electron chi connectivity index (χ1n) is 6.02. The van der Waals surface area contributed by atoms with E-state index in [1.165, 1.54) is 4.88 Å². The Balaban J connectivity index is 2.41.